The number of benzene rings is 1. The molecule has 1 N–H and O–H groups in total. The van der Waals surface area contributed by atoms with E-state index >= 15 is 0 Å². The molecular formula is C17H18N2O4S. The summed E-state index contributed by atoms with van der Waals surface area (Å²) in [6.45, 7) is 2.62. The molecule has 2 heterocycles. The Morgan fingerprint density at radius 1 is 1.25 bits per heavy atom. The normalized spacial score (nSPS) is 12.2. The summed E-state index contributed by atoms with van der Waals surface area (Å²) < 4.78 is 16.1. The Balaban J connectivity index is 1.47. The van der Waals surface area contributed by atoms with Crippen LogP contribution in [0, 0.1) is 6.92 Å². The second kappa shape index (κ2) is 8.05. The van der Waals surface area contributed by atoms with Crippen molar-refractivity contribution >= 4 is 11.3 Å². The molecule has 24 heavy (non-hydrogen) atoms. The first kappa shape index (κ1) is 16.6. The molecule has 3 aromatic rings. The number of ether oxygens (including phenoxy) is 2. The van der Waals surface area contributed by atoms with E-state index in [1.165, 1.54) is 0 Å². The molecule has 0 aliphatic rings. The highest BCUT2D eigenvalue weighted by Crippen LogP contribution is 2.21. The summed E-state index contributed by atoms with van der Waals surface area (Å²) in [6, 6.07) is 11.3. The Bertz CT molecular complexity index is 758. The summed E-state index contributed by atoms with van der Waals surface area (Å²) in [7, 11) is 0. The number of aryl methyl sites for hydroxylation is 1. The third-order valence-electron chi connectivity index (χ3n) is 3.20. The van der Waals surface area contributed by atoms with Crippen molar-refractivity contribution in [1.29, 1.82) is 0 Å². The van der Waals surface area contributed by atoms with Gasteiger partial charge in [0.05, 0.1) is 13.2 Å². The number of aliphatic hydroxyl groups excluding tert-OH is 1. The van der Waals surface area contributed by atoms with E-state index in [0.29, 0.717) is 24.1 Å². The summed E-state index contributed by atoms with van der Waals surface area (Å²) in [4.78, 5) is 5.31. The minimum absolute atomic E-state index is 0.152. The van der Waals surface area contributed by atoms with Gasteiger partial charge in [-0.3, -0.25) is 0 Å². The summed E-state index contributed by atoms with van der Waals surface area (Å²) in [6.07, 6.45) is -0.693. The average Bonchev–Trinajstić information content (AvgIpc) is 3.25. The van der Waals surface area contributed by atoms with Crippen molar-refractivity contribution in [1.82, 2.24) is 10.1 Å². The van der Waals surface area contributed by atoms with Crippen molar-refractivity contribution in [3.8, 4) is 17.1 Å². The third kappa shape index (κ3) is 4.64. The second-order valence-electron chi connectivity index (χ2n) is 5.22. The highest BCUT2D eigenvalue weighted by Gasteiger charge is 2.09. The number of hydrogen-bond donors (Lipinski definition) is 1. The van der Waals surface area contributed by atoms with Gasteiger partial charge >= 0.3 is 0 Å². The standard InChI is InChI=1S/C17H18N2O4S/c1-12-18-17(19-23-12)13-4-2-5-15(8-13)22-10-14(20)9-21-11-16-6-3-7-24-16/h2-8,14,20H,9-11H2,1H3. The molecule has 0 spiro atoms. The molecule has 0 saturated heterocycles. The van der Waals surface area contributed by atoms with Crippen LogP contribution < -0.4 is 4.74 Å². The Labute approximate surface area is 143 Å². The minimum Gasteiger partial charge on any atom is -0.491 e. The molecule has 126 valence electrons. The van der Waals surface area contributed by atoms with E-state index in [1.54, 1.807) is 18.3 Å². The average molecular weight is 346 g/mol. The summed E-state index contributed by atoms with van der Waals surface area (Å²) in [5.74, 6) is 1.65. The maximum absolute atomic E-state index is 9.94. The van der Waals surface area contributed by atoms with Gasteiger partial charge in [0.2, 0.25) is 11.7 Å². The fourth-order valence-electron chi connectivity index (χ4n) is 2.07. The summed E-state index contributed by atoms with van der Waals surface area (Å²) >= 11 is 1.63. The van der Waals surface area contributed by atoms with E-state index in [0.717, 1.165) is 10.4 Å². The molecule has 6 nitrogen and oxygen atoms in total. The predicted molar refractivity (Wildman–Crippen MR) is 89.9 cm³/mol. The quantitative estimate of drug-likeness (QED) is 0.675. The van der Waals surface area contributed by atoms with Gasteiger partial charge in [-0.05, 0) is 23.6 Å². The number of hydrogen-bond acceptors (Lipinski definition) is 7. The SMILES string of the molecule is Cc1nc(-c2cccc(OCC(O)COCc3cccs3)c2)no1. The van der Waals surface area contributed by atoms with Crippen LogP contribution in [0.3, 0.4) is 0 Å². The van der Waals surface area contributed by atoms with Gasteiger partial charge < -0.3 is 19.1 Å². The van der Waals surface area contributed by atoms with Crippen LogP contribution in [0.1, 0.15) is 10.8 Å². The Kier molecular flexibility index (Phi) is 5.58. The third-order valence-corrected chi connectivity index (χ3v) is 4.05. The van der Waals surface area contributed by atoms with Crippen LogP contribution in [0.5, 0.6) is 5.75 Å². The number of aliphatic hydroxyl groups is 1. The smallest absolute Gasteiger partial charge is 0.223 e. The first-order chi connectivity index (χ1) is 11.7. The van der Waals surface area contributed by atoms with Gasteiger partial charge in [-0.15, -0.1) is 11.3 Å². The van der Waals surface area contributed by atoms with Crippen molar-refractivity contribution in [2.24, 2.45) is 0 Å². The number of thiophene rings is 1. The molecular weight excluding hydrogens is 328 g/mol. The van der Waals surface area contributed by atoms with Crippen LogP contribution in [0.25, 0.3) is 11.4 Å². The van der Waals surface area contributed by atoms with Gasteiger partial charge in [-0.1, -0.05) is 23.4 Å². The lowest BCUT2D eigenvalue weighted by atomic mass is 10.2. The largest absolute Gasteiger partial charge is 0.491 e. The zero-order chi connectivity index (χ0) is 16.8. The van der Waals surface area contributed by atoms with Crippen LogP contribution >= 0.6 is 11.3 Å². The summed E-state index contributed by atoms with van der Waals surface area (Å²) in [5.41, 5.74) is 0.799. The van der Waals surface area contributed by atoms with Crippen molar-refractivity contribution in [2.45, 2.75) is 19.6 Å². The van der Waals surface area contributed by atoms with E-state index < -0.39 is 6.10 Å². The van der Waals surface area contributed by atoms with Gasteiger partial charge in [0.1, 0.15) is 18.5 Å². The lowest BCUT2D eigenvalue weighted by molar-refractivity contribution is 0.00626. The van der Waals surface area contributed by atoms with E-state index in [-0.39, 0.29) is 13.2 Å². The van der Waals surface area contributed by atoms with Crippen molar-refractivity contribution < 1.29 is 19.1 Å². The highest BCUT2D eigenvalue weighted by atomic mass is 32.1. The van der Waals surface area contributed by atoms with Gasteiger partial charge in [0, 0.05) is 17.4 Å². The van der Waals surface area contributed by atoms with Crippen LogP contribution in [0.15, 0.2) is 46.3 Å². The molecule has 0 saturated carbocycles. The minimum atomic E-state index is -0.693. The molecule has 1 unspecified atom stereocenters. The topological polar surface area (TPSA) is 77.6 Å². The predicted octanol–water partition coefficient (Wildman–Crippen LogP) is 3.06. The zero-order valence-electron chi connectivity index (χ0n) is 13.2. The van der Waals surface area contributed by atoms with Crippen molar-refractivity contribution in [3.05, 3.63) is 52.5 Å². The first-order valence-electron chi connectivity index (χ1n) is 7.52. The van der Waals surface area contributed by atoms with Crippen molar-refractivity contribution in [2.75, 3.05) is 13.2 Å². The van der Waals surface area contributed by atoms with E-state index in [4.69, 9.17) is 14.0 Å². The Morgan fingerprint density at radius 3 is 2.92 bits per heavy atom. The highest BCUT2D eigenvalue weighted by molar-refractivity contribution is 7.09. The molecule has 0 radical (unpaired) electrons. The Morgan fingerprint density at radius 2 is 2.17 bits per heavy atom. The number of nitrogens with zero attached hydrogens (tertiary/aromatic N) is 2. The number of aromatic nitrogens is 2. The molecule has 7 heteroatoms. The van der Waals surface area contributed by atoms with Gasteiger partial charge in [0.15, 0.2) is 0 Å². The molecule has 3 rings (SSSR count). The van der Waals surface area contributed by atoms with Crippen LogP contribution in [-0.2, 0) is 11.3 Å². The van der Waals surface area contributed by atoms with Crippen LogP contribution in [0.4, 0.5) is 0 Å². The molecule has 1 aromatic carbocycles. The van der Waals surface area contributed by atoms with Crippen LogP contribution in [-0.4, -0.2) is 34.6 Å². The molecule has 0 bridgehead atoms. The fourth-order valence-corrected chi connectivity index (χ4v) is 2.71. The van der Waals surface area contributed by atoms with E-state index in [1.807, 2.05) is 41.8 Å². The summed E-state index contributed by atoms with van der Waals surface area (Å²) in [5, 5.41) is 15.8. The molecule has 0 aliphatic carbocycles. The molecule has 2 aromatic heterocycles. The lowest BCUT2D eigenvalue weighted by Gasteiger charge is -2.13. The monoisotopic (exact) mass is 346 g/mol. The zero-order valence-corrected chi connectivity index (χ0v) is 14.0. The van der Waals surface area contributed by atoms with Gasteiger partial charge in [0.25, 0.3) is 0 Å². The maximum Gasteiger partial charge on any atom is 0.223 e. The number of rotatable bonds is 8. The first-order valence-corrected chi connectivity index (χ1v) is 8.40. The van der Waals surface area contributed by atoms with E-state index in [2.05, 4.69) is 10.1 Å². The fraction of sp³-hybridized carbons (Fsp3) is 0.294. The lowest BCUT2D eigenvalue weighted by Crippen LogP contribution is -2.23. The molecule has 0 fully saturated rings. The van der Waals surface area contributed by atoms with Gasteiger partial charge in [-0.25, -0.2) is 0 Å². The maximum atomic E-state index is 9.94. The van der Waals surface area contributed by atoms with Crippen molar-refractivity contribution in [3.63, 3.8) is 0 Å². The van der Waals surface area contributed by atoms with Gasteiger partial charge in [-0.2, -0.15) is 4.98 Å². The molecule has 0 amide bonds. The molecule has 1 atom stereocenters. The Hall–Kier alpha value is -2.22. The molecule has 0 aliphatic heterocycles. The van der Waals surface area contributed by atoms with Crippen LogP contribution in [0.2, 0.25) is 0 Å². The second-order valence-corrected chi connectivity index (χ2v) is 6.26. The van der Waals surface area contributed by atoms with E-state index in [9.17, 15) is 5.11 Å².